The van der Waals surface area contributed by atoms with Crippen LogP contribution in [0.1, 0.15) is 24.6 Å². The summed E-state index contributed by atoms with van der Waals surface area (Å²) in [7, 11) is 0. The Balaban J connectivity index is 1.55. The minimum absolute atomic E-state index is 0.202. The third-order valence-corrected chi connectivity index (χ3v) is 4.49. The average molecular weight is 407 g/mol. The molecule has 1 atom stereocenters. The summed E-state index contributed by atoms with van der Waals surface area (Å²) in [6.07, 6.45) is 0.392. The quantitative estimate of drug-likeness (QED) is 0.559. The molecular weight excluding hydrogens is 385 g/mol. The summed E-state index contributed by atoms with van der Waals surface area (Å²) in [4.78, 5) is 12.2. The Hall–Kier alpha value is -3.86. The number of hydrogen-bond donors (Lipinski definition) is 2. The monoisotopic (exact) mass is 407 g/mol. The van der Waals surface area contributed by atoms with E-state index in [4.69, 9.17) is 10.5 Å². The molecule has 1 amide bonds. The number of nitrogens with zero attached hydrogens (tertiary/aromatic N) is 3. The molecule has 7 nitrogen and oxygen atoms in total. The molecule has 0 aliphatic heterocycles. The summed E-state index contributed by atoms with van der Waals surface area (Å²) in [5.41, 5.74) is 7.43. The summed E-state index contributed by atoms with van der Waals surface area (Å²) in [5.74, 6) is 0.232. The van der Waals surface area contributed by atoms with Crippen molar-refractivity contribution in [1.82, 2.24) is 15.1 Å². The number of hydrogen-bond acceptors (Lipinski definition) is 5. The van der Waals surface area contributed by atoms with Crippen molar-refractivity contribution >= 4 is 11.7 Å². The molecule has 3 rings (SSSR count). The Morgan fingerprint density at radius 2 is 1.97 bits per heavy atom. The van der Waals surface area contributed by atoms with E-state index in [0.29, 0.717) is 36.5 Å². The van der Waals surface area contributed by atoms with Gasteiger partial charge in [-0.05, 0) is 56.2 Å². The summed E-state index contributed by atoms with van der Waals surface area (Å²) in [6, 6.07) is 16.9. The van der Waals surface area contributed by atoms with Gasteiger partial charge in [-0.25, -0.2) is 9.07 Å². The van der Waals surface area contributed by atoms with Gasteiger partial charge in [0, 0.05) is 6.54 Å². The number of nitrogens with two attached hydrogens (primary N) is 1. The zero-order chi connectivity index (χ0) is 21.5. The van der Waals surface area contributed by atoms with Gasteiger partial charge in [-0.3, -0.25) is 4.79 Å². The Labute approximate surface area is 173 Å². The van der Waals surface area contributed by atoms with Gasteiger partial charge in [0.15, 0.2) is 6.10 Å². The number of benzene rings is 2. The lowest BCUT2D eigenvalue weighted by Gasteiger charge is -2.14. The fraction of sp³-hybridized carbons (Fsp3) is 0.227. The van der Waals surface area contributed by atoms with Gasteiger partial charge in [0.2, 0.25) is 0 Å². The van der Waals surface area contributed by atoms with Crippen LogP contribution >= 0.6 is 0 Å². The second-order valence-corrected chi connectivity index (χ2v) is 6.67. The van der Waals surface area contributed by atoms with Crippen molar-refractivity contribution in [3.8, 4) is 17.5 Å². The molecular formula is C22H22FN5O2. The predicted octanol–water partition coefficient (Wildman–Crippen LogP) is 2.98. The molecule has 154 valence electrons. The maximum absolute atomic E-state index is 13.1. The molecule has 2 aromatic carbocycles. The van der Waals surface area contributed by atoms with Gasteiger partial charge in [-0.1, -0.05) is 18.2 Å². The number of halogens is 1. The lowest BCUT2D eigenvalue weighted by Crippen LogP contribution is -2.36. The molecule has 1 unspecified atom stereocenters. The largest absolute Gasteiger partial charge is 0.481 e. The zero-order valence-corrected chi connectivity index (χ0v) is 16.5. The third kappa shape index (κ3) is 4.94. The van der Waals surface area contributed by atoms with Gasteiger partial charge in [0.25, 0.3) is 5.91 Å². The molecule has 0 radical (unpaired) electrons. The lowest BCUT2D eigenvalue weighted by atomic mass is 10.1. The number of aryl methyl sites for hydroxylation is 1. The number of carbonyl (C=O) groups excluding carboxylic acids is 1. The topological polar surface area (TPSA) is 106 Å². The number of carbonyl (C=O) groups is 1. The number of rotatable bonds is 8. The van der Waals surface area contributed by atoms with Crippen LogP contribution in [0.5, 0.6) is 5.75 Å². The summed E-state index contributed by atoms with van der Waals surface area (Å²) < 4.78 is 20.2. The molecule has 0 aliphatic rings. The summed E-state index contributed by atoms with van der Waals surface area (Å²) >= 11 is 0. The summed E-state index contributed by atoms with van der Waals surface area (Å²) in [5, 5.41) is 16.6. The molecule has 0 saturated carbocycles. The van der Waals surface area contributed by atoms with Crippen LogP contribution in [-0.4, -0.2) is 28.3 Å². The molecule has 0 aliphatic carbocycles. The van der Waals surface area contributed by atoms with Crippen LogP contribution in [0.2, 0.25) is 0 Å². The number of nitriles is 1. The van der Waals surface area contributed by atoms with Gasteiger partial charge in [-0.15, -0.1) is 0 Å². The van der Waals surface area contributed by atoms with Crippen molar-refractivity contribution in [1.29, 1.82) is 5.26 Å². The van der Waals surface area contributed by atoms with Crippen molar-refractivity contribution in [2.24, 2.45) is 0 Å². The van der Waals surface area contributed by atoms with Crippen LogP contribution in [-0.2, 0) is 11.2 Å². The molecule has 3 N–H and O–H groups in total. The van der Waals surface area contributed by atoms with Crippen LogP contribution in [0.3, 0.4) is 0 Å². The molecule has 0 bridgehead atoms. The van der Waals surface area contributed by atoms with Crippen LogP contribution in [0.25, 0.3) is 5.69 Å². The van der Waals surface area contributed by atoms with Crippen LogP contribution in [0, 0.1) is 17.1 Å². The van der Waals surface area contributed by atoms with Crippen LogP contribution < -0.4 is 15.8 Å². The first-order valence-electron chi connectivity index (χ1n) is 9.52. The van der Waals surface area contributed by atoms with Crippen molar-refractivity contribution in [3.05, 3.63) is 71.7 Å². The second kappa shape index (κ2) is 9.56. The average Bonchev–Trinajstić information content (AvgIpc) is 3.07. The molecule has 30 heavy (non-hydrogen) atoms. The molecule has 0 fully saturated rings. The summed E-state index contributed by atoms with van der Waals surface area (Å²) in [6.45, 7) is 2.08. The van der Waals surface area contributed by atoms with Gasteiger partial charge >= 0.3 is 0 Å². The Morgan fingerprint density at radius 3 is 2.63 bits per heavy atom. The van der Waals surface area contributed by atoms with Crippen molar-refractivity contribution in [3.63, 3.8) is 0 Å². The number of ether oxygens (including phenoxy) is 1. The van der Waals surface area contributed by atoms with E-state index in [1.165, 1.54) is 28.9 Å². The Kier molecular flexibility index (Phi) is 6.65. The standard InChI is InChI=1S/C22H22FN5O2/c1-15(30-18-6-3-2-4-7-18)22(29)26-13-5-8-20-19(14-24)21(25)28(27-20)17-11-9-16(23)10-12-17/h2-4,6-7,9-12,15H,5,8,13,25H2,1H3,(H,26,29). The van der Waals surface area contributed by atoms with Crippen molar-refractivity contribution in [2.75, 3.05) is 12.3 Å². The normalized spacial score (nSPS) is 11.5. The van der Waals surface area contributed by atoms with Crippen molar-refractivity contribution in [2.45, 2.75) is 25.9 Å². The van der Waals surface area contributed by atoms with E-state index in [-0.39, 0.29) is 23.1 Å². The fourth-order valence-corrected chi connectivity index (χ4v) is 2.92. The first-order chi connectivity index (χ1) is 14.5. The van der Waals surface area contributed by atoms with E-state index in [1.807, 2.05) is 18.2 Å². The second-order valence-electron chi connectivity index (χ2n) is 6.67. The minimum Gasteiger partial charge on any atom is -0.481 e. The predicted molar refractivity (Wildman–Crippen MR) is 111 cm³/mol. The molecule has 0 saturated heterocycles. The van der Waals surface area contributed by atoms with Crippen LogP contribution in [0.4, 0.5) is 10.2 Å². The van der Waals surface area contributed by atoms with Crippen molar-refractivity contribution < 1.29 is 13.9 Å². The van der Waals surface area contributed by atoms with E-state index in [2.05, 4.69) is 16.5 Å². The number of para-hydroxylation sites is 1. The fourth-order valence-electron chi connectivity index (χ4n) is 2.92. The van der Waals surface area contributed by atoms with E-state index >= 15 is 0 Å². The SMILES string of the molecule is CC(Oc1ccccc1)C(=O)NCCCc1nn(-c2ccc(F)cc2)c(N)c1C#N. The minimum atomic E-state index is -0.629. The number of nitrogen functional groups attached to an aromatic ring is 1. The highest BCUT2D eigenvalue weighted by molar-refractivity contribution is 5.80. The first-order valence-corrected chi connectivity index (χ1v) is 9.52. The molecule has 1 heterocycles. The molecule has 3 aromatic rings. The molecule has 8 heteroatoms. The smallest absolute Gasteiger partial charge is 0.260 e. The Morgan fingerprint density at radius 1 is 1.27 bits per heavy atom. The first kappa shape index (κ1) is 20.9. The molecule has 0 spiro atoms. The maximum atomic E-state index is 13.1. The third-order valence-electron chi connectivity index (χ3n) is 4.49. The van der Waals surface area contributed by atoms with E-state index in [9.17, 15) is 14.4 Å². The van der Waals surface area contributed by atoms with Gasteiger partial charge in [0.05, 0.1) is 11.4 Å². The highest BCUT2D eigenvalue weighted by Crippen LogP contribution is 2.21. The Bertz CT molecular complexity index is 1040. The number of amides is 1. The highest BCUT2D eigenvalue weighted by atomic mass is 19.1. The van der Waals surface area contributed by atoms with Gasteiger partial charge in [-0.2, -0.15) is 10.4 Å². The van der Waals surface area contributed by atoms with Crippen LogP contribution in [0.15, 0.2) is 54.6 Å². The number of aromatic nitrogens is 2. The zero-order valence-electron chi connectivity index (χ0n) is 16.5. The maximum Gasteiger partial charge on any atom is 0.260 e. The van der Waals surface area contributed by atoms with E-state index in [0.717, 1.165) is 0 Å². The van der Waals surface area contributed by atoms with E-state index in [1.54, 1.807) is 19.1 Å². The van der Waals surface area contributed by atoms with E-state index < -0.39 is 6.10 Å². The highest BCUT2D eigenvalue weighted by Gasteiger charge is 2.17. The lowest BCUT2D eigenvalue weighted by molar-refractivity contribution is -0.127. The number of nitrogens with one attached hydrogen (secondary N) is 1. The van der Waals surface area contributed by atoms with Gasteiger partial charge < -0.3 is 15.8 Å². The number of anilines is 1. The van der Waals surface area contributed by atoms with Gasteiger partial charge in [0.1, 0.15) is 29.0 Å². The molecule has 1 aromatic heterocycles.